The fraction of sp³-hybridized carbons (Fsp3) is 0.286. The van der Waals surface area contributed by atoms with Gasteiger partial charge < -0.3 is 14.6 Å². The highest BCUT2D eigenvalue weighted by atomic mass is 79.9. The third kappa shape index (κ3) is 4.83. The first-order valence-electron chi connectivity index (χ1n) is 9.17. The molecule has 0 aliphatic heterocycles. The van der Waals surface area contributed by atoms with E-state index in [0.717, 1.165) is 10.6 Å². The van der Waals surface area contributed by atoms with Crippen LogP contribution >= 0.6 is 27.5 Å². The molecule has 164 valence electrons. The van der Waals surface area contributed by atoms with Crippen molar-refractivity contribution in [1.29, 1.82) is 0 Å². The van der Waals surface area contributed by atoms with Crippen LogP contribution < -0.4 is 4.74 Å². The van der Waals surface area contributed by atoms with Crippen LogP contribution in [0.25, 0.3) is 11.0 Å². The molecule has 0 amide bonds. The van der Waals surface area contributed by atoms with Gasteiger partial charge in [-0.05, 0) is 60.5 Å². The molecule has 0 saturated carbocycles. The molecular weight excluding hydrogens is 495 g/mol. The maximum Gasteiger partial charge on any atom is 0.514 e. The molecule has 0 fully saturated rings. The summed E-state index contributed by atoms with van der Waals surface area (Å²) in [6, 6.07) is 4.06. The van der Waals surface area contributed by atoms with E-state index in [1.807, 2.05) is 0 Å². The van der Waals surface area contributed by atoms with Crippen LogP contribution in [0.3, 0.4) is 0 Å². The predicted octanol–water partition coefficient (Wildman–Crippen LogP) is 6.58. The van der Waals surface area contributed by atoms with E-state index in [1.54, 1.807) is 33.8 Å². The average molecular weight is 514 g/mol. The van der Waals surface area contributed by atoms with E-state index in [4.69, 9.17) is 21.1 Å². The van der Waals surface area contributed by atoms with Crippen molar-refractivity contribution in [2.75, 3.05) is 0 Å². The zero-order chi connectivity index (χ0) is 23.1. The monoisotopic (exact) mass is 512 g/mol. The summed E-state index contributed by atoms with van der Waals surface area (Å²) in [5.74, 6) is -1.35. The molecule has 2 aromatic heterocycles. The number of nitrogens with zero attached hydrogens (tertiary/aromatic N) is 2. The highest BCUT2D eigenvalue weighted by Crippen LogP contribution is 2.41. The Bertz CT molecular complexity index is 1190. The molecule has 1 N–H and O–H groups in total. The third-order valence-corrected chi connectivity index (χ3v) is 5.24. The molecule has 1 aromatic carbocycles. The van der Waals surface area contributed by atoms with Gasteiger partial charge in [-0.1, -0.05) is 18.5 Å². The van der Waals surface area contributed by atoms with E-state index in [1.165, 1.54) is 18.5 Å². The molecule has 0 bridgehead atoms. The van der Waals surface area contributed by atoms with Crippen LogP contribution in [0.2, 0.25) is 5.02 Å². The number of hydrogen-bond donors (Lipinski definition) is 1. The average Bonchev–Trinajstić information content (AvgIpc) is 3.02. The lowest BCUT2D eigenvalue weighted by Crippen LogP contribution is -2.26. The summed E-state index contributed by atoms with van der Waals surface area (Å²) in [7, 11) is 0. The zero-order valence-corrected chi connectivity index (χ0v) is 19.4. The number of hydrogen-bond acceptors (Lipinski definition) is 5. The van der Waals surface area contributed by atoms with Crippen molar-refractivity contribution in [2.45, 2.75) is 39.2 Å². The first-order chi connectivity index (χ1) is 14.4. The van der Waals surface area contributed by atoms with E-state index in [9.17, 15) is 19.1 Å². The summed E-state index contributed by atoms with van der Waals surface area (Å²) in [5.41, 5.74) is 0.101. The van der Waals surface area contributed by atoms with Gasteiger partial charge in [0.1, 0.15) is 22.8 Å². The molecule has 0 saturated heterocycles. The number of carboxylic acid groups (broad SMARTS) is 1. The van der Waals surface area contributed by atoms with Gasteiger partial charge in [-0.25, -0.2) is 23.5 Å². The van der Waals surface area contributed by atoms with E-state index >= 15 is 0 Å². The van der Waals surface area contributed by atoms with Gasteiger partial charge in [0.15, 0.2) is 0 Å². The fourth-order valence-electron chi connectivity index (χ4n) is 3.15. The molecule has 3 rings (SSSR count). The van der Waals surface area contributed by atoms with E-state index in [-0.39, 0.29) is 22.0 Å². The van der Waals surface area contributed by atoms with E-state index in [0.29, 0.717) is 15.4 Å². The maximum atomic E-state index is 14.3. The van der Waals surface area contributed by atoms with Crippen molar-refractivity contribution in [3.8, 4) is 5.75 Å². The van der Waals surface area contributed by atoms with Crippen LogP contribution in [-0.4, -0.2) is 32.5 Å². The lowest BCUT2D eigenvalue weighted by Gasteiger charge is -2.21. The van der Waals surface area contributed by atoms with Crippen molar-refractivity contribution in [2.24, 2.45) is 0 Å². The van der Waals surface area contributed by atoms with Crippen LogP contribution in [0.1, 0.15) is 44.7 Å². The number of halogens is 3. The van der Waals surface area contributed by atoms with Crippen molar-refractivity contribution in [3.63, 3.8) is 0 Å². The van der Waals surface area contributed by atoms with Crippen LogP contribution in [-0.2, 0) is 4.74 Å². The number of carbonyl (C=O) groups is 2. The Labute approximate surface area is 190 Å². The molecule has 0 spiro atoms. The van der Waals surface area contributed by atoms with Crippen LogP contribution in [0.15, 0.2) is 35.1 Å². The summed E-state index contributed by atoms with van der Waals surface area (Å²) in [4.78, 5) is 28.1. The maximum absolute atomic E-state index is 14.3. The largest absolute Gasteiger partial charge is 0.514 e. The SMILES string of the molecule is C[C@H](c1c(OC(=O)OC(C)(C)C)ccc(F)c1Cl)c1cn(C(=O)O)c2ncc(Br)cc12. The first kappa shape index (κ1) is 23.0. The molecule has 2 heterocycles. The summed E-state index contributed by atoms with van der Waals surface area (Å²) in [6.45, 7) is 6.74. The Kier molecular flexibility index (Phi) is 6.29. The second-order valence-electron chi connectivity index (χ2n) is 7.82. The van der Waals surface area contributed by atoms with Crippen LogP contribution in [0.5, 0.6) is 5.75 Å². The van der Waals surface area contributed by atoms with Crippen LogP contribution in [0, 0.1) is 5.82 Å². The number of ether oxygens (including phenoxy) is 2. The Morgan fingerprint density at radius 2 is 2.00 bits per heavy atom. The van der Waals surface area contributed by atoms with Gasteiger partial charge in [0.05, 0.1) is 5.02 Å². The highest BCUT2D eigenvalue weighted by Gasteiger charge is 2.27. The molecule has 0 aliphatic carbocycles. The number of rotatable bonds is 3. The minimum absolute atomic E-state index is 0.00679. The fourth-order valence-corrected chi connectivity index (χ4v) is 3.81. The van der Waals surface area contributed by atoms with Gasteiger partial charge >= 0.3 is 12.2 Å². The second kappa shape index (κ2) is 8.47. The molecule has 0 unspecified atom stereocenters. The normalized spacial score (nSPS) is 12.6. The molecule has 1 atom stereocenters. The van der Waals surface area contributed by atoms with Crippen molar-refractivity contribution in [3.05, 3.63) is 57.0 Å². The Morgan fingerprint density at radius 1 is 1.32 bits per heavy atom. The second-order valence-corrected chi connectivity index (χ2v) is 9.12. The third-order valence-electron chi connectivity index (χ3n) is 4.42. The molecule has 7 nitrogen and oxygen atoms in total. The topological polar surface area (TPSA) is 90.7 Å². The first-order valence-corrected chi connectivity index (χ1v) is 10.3. The predicted molar refractivity (Wildman–Crippen MR) is 117 cm³/mol. The number of fused-ring (bicyclic) bond motifs is 1. The minimum atomic E-state index is -1.23. The Morgan fingerprint density at radius 3 is 2.61 bits per heavy atom. The summed E-state index contributed by atoms with van der Waals surface area (Å²) >= 11 is 9.58. The van der Waals surface area contributed by atoms with Gasteiger partial charge in [-0.15, -0.1) is 0 Å². The Hall–Kier alpha value is -2.65. The summed E-state index contributed by atoms with van der Waals surface area (Å²) in [5, 5.41) is 9.82. The van der Waals surface area contributed by atoms with Crippen molar-refractivity contribution in [1.82, 2.24) is 9.55 Å². The zero-order valence-electron chi connectivity index (χ0n) is 17.1. The smallest absolute Gasteiger partial charge is 0.464 e. The van der Waals surface area contributed by atoms with Crippen molar-refractivity contribution < 1.29 is 28.6 Å². The van der Waals surface area contributed by atoms with Crippen molar-refractivity contribution >= 4 is 50.8 Å². The van der Waals surface area contributed by atoms with Gasteiger partial charge in [0, 0.05) is 33.7 Å². The van der Waals surface area contributed by atoms with Gasteiger partial charge in [-0.3, -0.25) is 0 Å². The number of benzene rings is 1. The number of aromatic nitrogens is 2. The van der Waals surface area contributed by atoms with Crippen LogP contribution in [0.4, 0.5) is 14.0 Å². The molecule has 10 heteroatoms. The van der Waals surface area contributed by atoms with E-state index in [2.05, 4.69) is 20.9 Å². The molecule has 31 heavy (non-hydrogen) atoms. The molecular formula is C21H19BrClFN2O5. The van der Waals surface area contributed by atoms with Gasteiger partial charge in [0.2, 0.25) is 0 Å². The minimum Gasteiger partial charge on any atom is -0.464 e. The lowest BCUT2D eigenvalue weighted by molar-refractivity contribution is 0.0204. The summed E-state index contributed by atoms with van der Waals surface area (Å²) in [6.07, 6.45) is 0.660. The van der Waals surface area contributed by atoms with E-state index < -0.39 is 29.6 Å². The molecule has 0 aliphatic rings. The Balaban J connectivity index is 2.15. The molecule has 3 aromatic rings. The highest BCUT2D eigenvalue weighted by molar-refractivity contribution is 9.10. The quantitative estimate of drug-likeness (QED) is 0.314. The lowest BCUT2D eigenvalue weighted by atomic mass is 9.92. The van der Waals surface area contributed by atoms with Gasteiger partial charge in [-0.2, -0.15) is 0 Å². The molecule has 0 radical (unpaired) electrons. The summed E-state index contributed by atoms with van der Waals surface area (Å²) < 4.78 is 26.4. The number of carbonyl (C=O) groups excluding carboxylic acids is 1. The standard InChI is InChI=1S/C21H19BrClFN2O5/c1-10(13-9-26(19(27)28)18-12(13)7-11(22)8-25-18)16-15(6-5-14(24)17(16)23)30-20(29)31-21(2,3)4/h5-10H,1-4H3,(H,27,28)/t10-/m0/s1. The number of pyridine rings is 1. The van der Waals surface area contributed by atoms with Gasteiger partial charge in [0.25, 0.3) is 0 Å².